The lowest BCUT2D eigenvalue weighted by molar-refractivity contribution is 1.08. The number of aromatic nitrogens is 3. The first-order valence-corrected chi connectivity index (χ1v) is 16.2. The van der Waals surface area contributed by atoms with Gasteiger partial charge in [-0.1, -0.05) is 170 Å². The Morgan fingerprint density at radius 1 is 0.250 bits per heavy atom. The van der Waals surface area contributed by atoms with Crippen molar-refractivity contribution in [3.05, 3.63) is 176 Å². The van der Waals surface area contributed by atoms with Crippen LogP contribution in [0.4, 0.5) is 0 Å². The van der Waals surface area contributed by atoms with Crippen molar-refractivity contribution >= 4 is 32.3 Å². The summed E-state index contributed by atoms with van der Waals surface area (Å²) in [5.74, 6) is 1.95. The molecule has 0 unspecified atom stereocenters. The highest BCUT2D eigenvalue weighted by molar-refractivity contribution is 6.09. The number of nitrogens with zero attached hydrogens (tertiary/aromatic N) is 3. The van der Waals surface area contributed by atoms with Gasteiger partial charge >= 0.3 is 0 Å². The van der Waals surface area contributed by atoms with E-state index in [0.717, 1.165) is 43.8 Å². The number of rotatable bonds is 5. The van der Waals surface area contributed by atoms with Crippen LogP contribution in [0.5, 0.6) is 0 Å². The number of benzene rings is 8. The van der Waals surface area contributed by atoms with Gasteiger partial charge in [0.05, 0.1) is 0 Å². The number of hydrogen-bond donors (Lipinski definition) is 0. The molecule has 1 aromatic heterocycles. The molecule has 48 heavy (non-hydrogen) atoms. The van der Waals surface area contributed by atoms with Crippen LogP contribution in [0, 0.1) is 0 Å². The van der Waals surface area contributed by atoms with Gasteiger partial charge in [0.1, 0.15) is 0 Å². The zero-order valence-electron chi connectivity index (χ0n) is 26.1. The standard InChI is InChI=1S/C45H29N3/c1-3-13-30(14-4-1)34-28-27-32-19-10-25-41(42(32)29-34)45-47-43(33-16-5-2-6-17-33)46-44(48-45)40-26-12-23-38-37(22-11-24-39(38)40)36-21-9-18-31-15-7-8-20-35(31)36/h1-29H. The van der Waals surface area contributed by atoms with Crippen molar-refractivity contribution in [3.63, 3.8) is 0 Å². The van der Waals surface area contributed by atoms with Crippen molar-refractivity contribution in [1.29, 1.82) is 0 Å². The third-order valence-corrected chi connectivity index (χ3v) is 9.14. The molecule has 9 aromatic rings. The van der Waals surface area contributed by atoms with Gasteiger partial charge in [-0.2, -0.15) is 0 Å². The zero-order chi connectivity index (χ0) is 31.9. The fourth-order valence-electron chi connectivity index (χ4n) is 6.81. The van der Waals surface area contributed by atoms with Crippen LogP contribution in [0.25, 0.3) is 88.7 Å². The quantitative estimate of drug-likeness (QED) is 0.194. The molecular formula is C45H29N3. The van der Waals surface area contributed by atoms with Gasteiger partial charge in [0.2, 0.25) is 0 Å². The second-order valence-electron chi connectivity index (χ2n) is 12.0. The summed E-state index contributed by atoms with van der Waals surface area (Å²) < 4.78 is 0. The van der Waals surface area contributed by atoms with Crippen LogP contribution in [-0.2, 0) is 0 Å². The van der Waals surface area contributed by atoms with Crippen LogP contribution in [0.15, 0.2) is 176 Å². The van der Waals surface area contributed by atoms with Gasteiger partial charge in [0.25, 0.3) is 0 Å². The molecule has 0 radical (unpaired) electrons. The van der Waals surface area contributed by atoms with Crippen molar-refractivity contribution in [1.82, 2.24) is 15.0 Å². The molecule has 0 aliphatic heterocycles. The van der Waals surface area contributed by atoms with E-state index in [1.165, 1.54) is 27.5 Å². The molecular weight excluding hydrogens is 583 g/mol. The highest BCUT2D eigenvalue weighted by Gasteiger charge is 2.17. The van der Waals surface area contributed by atoms with Crippen LogP contribution in [-0.4, -0.2) is 15.0 Å². The first kappa shape index (κ1) is 27.8. The molecule has 0 spiro atoms. The van der Waals surface area contributed by atoms with Crippen molar-refractivity contribution in [2.24, 2.45) is 0 Å². The van der Waals surface area contributed by atoms with E-state index in [-0.39, 0.29) is 0 Å². The summed E-state index contributed by atoms with van der Waals surface area (Å²) in [7, 11) is 0. The fourth-order valence-corrected chi connectivity index (χ4v) is 6.81. The van der Waals surface area contributed by atoms with E-state index in [4.69, 9.17) is 15.0 Å². The number of fused-ring (bicyclic) bond motifs is 3. The smallest absolute Gasteiger partial charge is 0.164 e. The van der Waals surface area contributed by atoms with E-state index in [0.29, 0.717) is 17.5 Å². The van der Waals surface area contributed by atoms with Crippen LogP contribution in [0.2, 0.25) is 0 Å². The van der Waals surface area contributed by atoms with E-state index in [1.807, 2.05) is 24.3 Å². The Kier molecular flexibility index (Phi) is 6.80. The van der Waals surface area contributed by atoms with Gasteiger partial charge in [-0.15, -0.1) is 0 Å². The van der Waals surface area contributed by atoms with E-state index < -0.39 is 0 Å². The normalized spacial score (nSPS) is 11.3. The van der Waals surface area contributed by atoms with Crippen molar-refractivity contribution < 1.29 is 0 Å². The Balaban J connectivity index is 1.27. The lowest BCUT2D eigenvalue weighted by Crippen LogP contribution is -2.01. The first-order valence-electron chi connectivity index (χ1n) is 16.2. The van der Waals surface area contributed by atoms with Crippen LogP contribution >= 0.6 is 0 Å². The fraction of sp³-hybridized carbons (Fsp3) is 0. The second-order valence-corrected chi connectivity index (χ2v) is 12.0. The van der Waals surface area contributed by atoms with E-state index in [1.54, 1.807) is 0 Å². The molecule has 0 amide bonds. The monoisotopic (exact) mass is 611 g/mol. The lowest BCUT2D eigenvalue weighted by atomic mass is 9.92. The Labute approximate surface area is 278 Å². The topological polar surface area (TPSA) is 38.7 Å². The van der Waals surface area contributed by atoms with Crippen molar-refractivity contribution in [3.8, 4) is 56.4 Å². The van der Waals surface area contributed by atoms with Crippen LogP contribution < -0.4 is 0 Å². The van der Waals surface area contributed by atoms with Crippen LogP contribution in [0.3, 0.4) is 0 Å². The van der Waals surface area contributed by atoms with Gasteiger partial charge in [0, 0.05) is 16.7 Å². The molecule has 9 rings (SSSR count). The summed E-state index contributed by atoms with van der Waals surface area (Å²) in [6.07, 6.45) is 0. The molecule has 3 heteroatoms. The predicted octanol–water partition coefficient (Wildman–Crippen LogP) is 11.7. The summed E-state index contributed by atoms with van der Waals surface area (Å²) in [4.78, 5) is 15.5. The molecule has 0 bridgehead atoms. The maximum absolute atomic E-state index is 5.23. The molecule has 1 heterocycles. The Morgan fingerprint density at radius 2 is 0.708 bits per heavy atom. The lowest BCUT2D eigenvalue weighted by Gasteiger charge is -2.14. The molecule has 0 fully saturated rings. The molecule has 0 aliphatic carbocycles. The molecule has 0 saturated heterocycles. The SMILES string of the molecule is c1ccc(-c2ccc3cccc(-c4nc(-c5ccccc5)nc(-c5cccc6c(-c7cccc8ccccc78)cccc56)n4)c3c2)cc1. The number of hydrogen-bond acceptors (Lipinski definition) is 3. The highest BCUT2D eigenvalue weighted by Crippen LogP contribution is 2.38. The minimum atomic E-state index is 0.647. The van der Waals surface area contributed by atoms with Crippen molar-refractivity contribution in [2.75, 3.05) is 0 Å². The minimum Gasteiger partial charge on any atom is -0.208 e. The molecule has 3 nitrogen and oxygen atoms in total. The molecule has 0 N–H and O–H groups in total. The maximum atomic E-state index is 5.23. The van der Waals surface area contributed by atoms with Gasteiger partial charge in [-0.25, -0.2) is 15.0 Å². The highest BCUT2D eigenvalue weighted by atomic mass is 15.0. The minimum absolute atomic E-state index is 0.647. The maximum Gasteiger partial charge on any atom is 0.164 e. The van der Waals surface area contributed by atoms with Gasteiger partial charge in [0.15, 0.2) is 17.5 Å². The third-order valence-electron chi connectivity index (χ3n) is 9.14. The van der Waals surface area contributed by atoms with E-state index >= 15 is 0 Å². The molecule has 0 aliphatic rings. The predicted molar refractivity (Wildman–Crippen MR) is 200 cm³/mol. The molecule has 224 valence electrons. The second kappa shape index (κ2) is 11.7. The average molecular weight is 612 g/mol. The van der Waals surface area contributed by atoms with Gasteiger partial charge < -0.3 is 0 Å². The average Bonchev–Trinajstić information content (AvgIpc) is 3.17. The summed E-state index contributed by atoms with van der Waals surface area (Å²) in [6.45, 7) is 0. The summed E-state index contributed by atoms with van der Waals surface area (Å²) >= 11 is 0. The first-order chi connectivity index (χ1) is 23.8. The Bertz CT molecular complexity index is 2600. The zero-order valence-corrected chi connectivity index (χ0v) is 26.1. The summed E-state index contributed by atoms with van der Waals surface area (Å²) in [6, 6.07) is 61.7. The summed E-state index contributed by atoms with van der Waals surface area (Å²) in [5, 5.41) is 6.96. The molecule has 8 aromatic carbocycles. The Morgan fingerprint density at radius 3 is 1.42 bits per heavy atom. The van der Waals surface area contributed by atoms with E-state index in [9.17, 15) is 0 Å². The van der Waals surface area contributed by atoms with Crippen molar-refractivity contribution in [2.45, 2.75) is 0 Å². The third kappa shape index (κ3) is 4.90. The Hall–Kier alpha value is -6.45. The van der Waals surface area contributed by atoms with Gasteiger partial charge in [-0.05, 0) is 60.6 Å². The van der Waals surface area contributed by atoms with Gasteiger partial charge in [-0.3, -0.25) is 0 Å². The molecule has 0 saturated carbocycles. The molecule has 0 atom stereocenters. The largest absolute Gasteiger partial charge is 0.208 e. The van der Waals surface area contributed by atoms with Crippen LogP contribution in [0.1, 0.15) is 0 Å². The summed E-state index contributed by atoms with van der Waals surface area (Å²) in [5.41, 5.74) is 7.62. The van der Waals surface area contributed by atoms with E-state index in [2.05, 4.69) is 152 Å².